The van der Waals surface area contributed by atoms with E-state index in [1.54, 1.807) is 42.0 Å². The van der Waals surface area contributed by atoms with Crippen molar-refractivity contribution in [2.24, 2.45) is 9.98 Å². The first kappa shape index (κ1) is 44.4. The molecule has 13 heteroatoms. The van der Waals surface area contributed by atoms with Gasteiger partial charge in [-0.2, -0.15) is 0 Å². The molecular formula is C49H55N5O6S2. The molecule has 0 aliphatic carbocycles. The van der Waals surface area contributed by atoms with E-state index in [0.29, 0.717) is 64.5 Å². The predicted octanol–water partition coefficient (Wildman–Crippen LogP) is 10.8. The van der Waals surface area contributed by atoms with Gasteiger partial charge in [-0.25, -0.2) is 0 Å². The number of aryl methyl sites for hydroxylation is 1. The first-order valence-corrected chi connectivity index (χ1v) is 23.3. The summed E-state index contributed by atoms with van der Waals surface area (Å²) in [5.74, 6) is 2.42. The molecule has 0 bridgehead atoms. The van der Waals surface area contributed by atoms with Gasteiger partial charge in [0, 0.05) is 60.2 Å². The number of anilines is 2. The molecule has 3 heterocycles. The van der Waals surface area contributed by atoms with Crippen molar-refractivity contribution >= 4 is 63.2 Å². The molecule has 0 N–H and O–H groups in total. The lowest BCUT2D eigenvalue weighted by Crippen LogP contribution is -2.29. The van der Waals surface area contributed by atoms with Crippen LogP contribution in [0.1, 0.15) is 65.1 Å². The van der Waals surface area contributed by atoms with Gasteiger partial charge in [0.2, 0.25) is 0 Å². The highest BCUT2D eigenvalue weighted by Gasteiger charge is 2.29. The van der Waals surface area contributed by atoms with E-state index in [1.165, 1.54) is 11.3 Å². The number of amides is 1. The second-order valence-corrected chi connectivity index (χ2v) is 19.0. The van der Waals surface area contributed by atoms with Crippen LogP contribution in [-0.2, 0) is 26.1 Å². The number of methoxy groups -OCH3 is 2. The highest BCUT2D eigenvalue weighted by atomic mass is 33.1. The molecule has 0 saturated carbocycles. The molecule has 0 spiro atoms. The van der Waals surface area contributed by atoms with Gasteiger partial charge in [0.05, 0.1) is 55.2 Å². The molecule has 7 rings (SSSR count). The zero-order chi connectivity index (χ0) is 43.8. The molecule has 0 unspecified atom stereocenters. The lowest BCUT2D eigenvalue weighted by atomic mass is 10.1. The van der Waals surface area contributed by atoms with Crippen LogP contribution in [0.2, 0.25) is 0 Å². The second-order valence-electron chi connectivity index (χ2n) is 15.9. The van der Waals surface area contributed by atoms with Crippen molar-refractivity contribution in [1.82, 2.24) is 4.98 Å². The number of fused-ring (bicyclic) bond motifs is 2. The molecular weight excluding hydrogens is 819 g/mol. The van der Waals surface area contributed by atoms with Gasteiger partial charge in [-0.3, -0.25) is 19.8 Å². The Balaban J connectivity index is 1.10. The molecule has 0 saturated heterocycles. The predicted molar refractivity (Wildman–Crippen MR) is 255 cm³/mol. The molecule has 2 aliphatic rings. The first-order valence-electron chi connectivity index (χ1n) is 20.7. The summed E-state index contributed by atoms with van der Waals surface area (Å²) in [5, 5.41) is 0. The summed E-state index contributed by atoms with van der Waals surface area (Å²) in [5.41, 5.74) is 8.38. The smallest absolute Gasteiger partial charge is 0.260 e. The highest BCUT2D eigenvalue weighted by Crippen LogP contribution is 2.40. The van der Waals surface area contributed by atoms with Gasteiger partial charge >= 0.3 is 0 Å². The fourth-order valence-corrected chi connectivity index (χ4v) is 10.2. The highest BCUT2D eigenvalue weighted by molar-refractivity contribution is 8.76. The summed E-state index contributed by atoms with van der Waals surface area (Å²) in [6.07, 6.45) is 7.69. The molecule has 0 fully saturated rings. The van der Waals surface area contributed by atoms with Crippen LogP contribution in [-0.4, -0.2) is 75.3 Å². The fraction of sp³-hybridized carbons (Fsp3) is 0.347. The van der Waals surface area contributed by atoms with Gasteiger partial charge in [0.1, 0.15) is 19.0 Å². The summed E-state index contributed by atoms with van der Waals surface area (Å²) in [6, 6.07) is 27.6. The zero-order valence-corrected chi connectivity index (χ0v) is 38.2. The molecule has 1 amide bonds. The number of aliphatic imine (C=N–C) groups is 2. The Morgan fingerprint density at radius 3 is 2.18 bits per heavy atom. The number of carbonyl (C=O) groups is 1. The van der Waals surface area contributed by atoms with E-state index < -0.39 is 0 Å². The Morgan fingerprint density at radius 2 is 1.52 bits per heavy atom. The number of hydrogen-bond donors (Lipinski definition) is 0. The standard InChI is InChI=1S/C49H55N5O6S2/c1-32-22-44(56-6)46(27-40(32)51-29-37-23-34-15-10-11-16-42(34)53(37)5)59-30-35-24-38(58-21-13-19-49(2,3)62-61-8)25-36(52-35)31-60-47-28-41(50-4)39(26-45(47)57-7)48(55)54-20-18-33-14-9-12-17-43(33)54/h9-12,14-17,22,24-29,37H,4,13,18-21,23,30-31H2,1-3,5-8H3/t37-/m0/s1. The van der Waals surface area contributed by atoms with Gasteiger partial charge in [0.15, 0.2) is 23.0 Å². The Hall–Kier alpha value is -5.66. The molecule has 1 aromatic heterocycles. The van der Waals surface area contributed by atoms with Crippen LogP contribution in [0.3, 0.4) is 0 Å². The number of carbonyl (C=O) groups excluding carboxylic acids is 1. The third-order valence-electron chi connectivity index (χ3n) is 11.1. The number of para-hydroxylation sites is 2. The summed E-state index contributed by atoms with van der Waals surface area (Å²) in [4.78, 5) is 32.0. The number of hydrogen-bond acceptors (Lipinski definition) is 12. The largest absolute Gasteiger partial charge is 0.493 e. The molecule has 11 nitrogen and oxygen atoms in total. The van der Waals surface area contributed by atoms with Crippen molar-refractivity contribution in [1.29, 1.82) is 0 Å². The van der Waals surface area contributed by atoms with Crippen molar-refractivity contribution in [2.75, 3.05) is 50.5 Å². The summed E-state index contributed by atoms with van der Waals surface area (Å²) in [7, 11) is 8.93. The quantitative estimate of drug-likeness (QED) is 0.0452. The molecule has 62 heavy (non-hydrogen) atoms. The van der Waals surface area contributed by atoms with Crippen molar-refractivity contribution in [2.45, 2.75) is 70.5 Å². The number of benzene rings is 4. The van der Waals surface area contributed by atoms with E-state index in [0.717, 1.165) is 48.2 Å². The van der Waals surface area contributed by atoms with Gasteiger partial charge in [0.25, 0.3) is 5.91 Å². The van der Waals surface area contributed by atoms with Gasteiger partial charge in [-0.15, -0.1) is 0 Å². The second kappa shape index (κ2) is 20.0. The molecule has 4 aromatic carbocycles. The number of rotatable bonds is 19. The van der Waals surface area contributed by atoms with Gasteiger partial charge in [-0.1, -0.05) is 58.0 Å². The molecule has 2 aliphatic heterocycles. The van der Waals surface area contributed by atoms with E-state index in [2.05, 4.69) is 68.0 Å². The maximum atomic E-state index is 13.9. The minimum atomic E-state index is -0.176. The average molecular weight is 874 g/mol. The van der Waals surface area contributed by atoms with E-state index in [4.69, 9.17) is 33.7 Å². The Labute approximate surface area is 373 Å². The van der Waals surface area contributed by atoms with Crippen LogP contribution in [0.4, 0.5) is 22.7 Å². The number of ether oxygens (including phenoxy) is 5. The van der Waals surface area contributed by atoms with Crippen molar-refractivity contribution in [3.8, 4) is 28.7 Å². The summed E-state index contributed by atoms with van der Waals surface area (Å²) >= 11 is 0. The number of pyridine rings is 1. The van der Waals surface area contributed by atoms with E-state index in [9.17, 15) is 4.79 Å². The van der Waals surface area contributed by atoms with Crippen LogP contribution in [0.5, 0.6) is 28.7 Å². The van der Waals surface area contributed by atoms with Gasteiger partial charge in [-0.05, 0) is 100 Å². The number of likely N-dealkylation sites (N-methyl/N-ethyl adjacent to an activating group) is 1. The van der Waals surface area contributed by atoms with Crippen molar-refractivity contribution in [3.05, 3.63) is 119 Å². The Kier molecular flexibility index (Phi) is 14.3. The Morgan fingerprint density at radius 1 is 0.871 bits per heavy atom. The van der Waals surface area contributed by atoms with Crippen LogP contribution in [0, 0.1) is 6.92 Å². The van der Waals surface area contributed by atoms with Gasteiger partial charge < -0.3 is 33.5 Å². The van der Waals surface area contributed by atoms with Crippen LogP contribution in [0.25, 0.3) is 0 Å². The van der Waals surface area contributed by atoms with Crippen LogP contribution >= 0.6 is 21.6 Å². The Bertz CT molecular complexity index is 2440. The minimum Gasteiger partial charge on any atom is -0.493 e. The van der Waals surface area contributed by atoms with Crippen molar-refractivity contribution in [3.63, 3.8) is 0 Å². The van der Waals surface area contributed by atoms with Crippen molar-refractivity contribution < 1.29 is 28.5 Å². The minimum absolute atomic E-state index is 0.0769. The zero-order valence-electron chi connectivity index (χ0n) is 36.6. The third kappa shape index (κ3) is 10.3. The topological polar surface area (TPSA) is 107 Å². The van der Waals surface area contributed by atoms with E-state index in [-0.39, 0.29) is 29.9 Å². The number of aromatic nitrogens is 1. The fourth-order valence-electron chi connectivity index (χ4n) is 7.88. The number of nitrogens with zero attached hydrogens (tertiary/aromatic N) is 5. The molecule has 324 valence electrons. The van der Waals surface area contributed by atoms with E-state index >= 15 is 0 Å². The molecule has 0 radical (unpaired) electrons. The lowest BCUT2D eigenvalue weighted by molar-refractivity contribution is 0.0989. The van der Waals surface area contributed by atoms with Crippen LogP contribution < -0.4 is 33.5 Å². The molecule has 1 atom stereocenters. The van der Waals surface area contributed by atoms with Crippen LogP contribution in [0.15, 0.2) is 94.9 Å². The molecule has 5 aromatic rings. The average Bonchev–Trinajstić information content (AvgIpc) is 3.86. The summed E-state index contributed by atoms with van der Waals surface area (Å²) in [6.45, 7) is 11.6. The normalized spacial score (nSPS) is 14.5. The first-order chi connectivity index (χ1) is 30.0. The monoisotopic (exact) mass is 873 g/mol. The SMILES string of the molecule is C=Nc1cc(OCc2cc(OCCCC(C)(C)SSC)cc(COc3cc(N=C[C@@H]4Cc5ccccc5N4C)c(C)cc3OC)n2)c(OC)cc1C(=O)N1CCc2ccccc21. The lowest BCUT2D eigenvalue weighted by Gasteiger charge is -2.22. The third-order valence-corrected chi connectivity index (χ3v) is 13.8. The maximum absolute atomic E-state index is 13.9. The summed E-state index contributed by atoms with van der Waals surface area (Å²) < 4.78 is 30.8. The maximum Gasteiger partial charge on any atom is 0.260 e. The van der Waals surface area contributed by atoms with E-state index in [1.807, 2.05) is 72.5 Å².